The number of methoxy groups -OCH3 is 2. The molecule has 1 amide bonds. The number of carbonyl (C=O) groups is 1. The van der Waals surface area contributed by atoms with Gasteiger partial charge >= 0.3 is 0 Å². The smallest absolute Gasteiger partial charge is 0.286 e. The van der Waals surface area contributed by atoms with E-state index in [0.717, 1.165) is 25.8 Å². The van der Waals surface area contributed by atoms with E-state index in [0.29, 0.717) is 25.6 Å². The number of nitrogens with zero attached hydrogens (tertiary/aromatic N) is 2. The summed E-state index contributed by atoms with van der Waals surface area (Å²) in [6, 6.07) is 2.65. The van der Waals surface area contributed by atoms with Gasteiger partial charge in [0.2, 0.25) is 0 Å². The standard InChI is InChI=1S/C19H29N3O6.ClH/c1-20-7-4-14-5-8-21(9-6-14)19(23)15-12-17(27-3)18(28-11-10-26-2)13-16(15)22(24)25;/h12-14,20H,4-11H2,1-3H3;1H. The molecule has 1 saturated heterocycles. The zero-order valence-corrected chi connectivity index (χ0v) is 18.0. The highest BCUT2D eigenvalue weighted by molar-refractivity contribution is 5.99. The molecule has 1 aromatic rings. The zero-order chi connectivity index (χ0) is 20.5. The number of benzene rings is 1. The lowest BCUT2D eigenvalue weighted by molar-refractivity contribution is -0.385. The van der Waals surface area contributed by atoms with Crippen molar-refractivity contribution >= 4 is 24.0 Å². The Morgan fingerprint density at radius 3 is 2.48 bits per heavy atom. The third-order valence-electron chi connectivity index (χ3n) is 4.96. The van der Waals surface area contributed by atoms with Crippen LogP contribution in [0.4, 0.5) is 5.69 Å². The van der Waals surface area contributed by atoms with E-state index in [2.05, 4.69) is 5.32 Å². The highest BCUT2D eigenvalue weighted by Crippen LogP contribution is 2.36. The van der Waals surface area contributed by atoms with Gasteiger partial charge in [-0.15, -0.1) is 12.4 Å². The molecule has 0 atom stereocenters. The first-order chi connectivity index (χ1) is 13.5. The summed E-state index contributed by atoms with van der Waals surface area (Å²) in [6.45, 7) is 2.70. The van der Waals surface area contributed by atoms with Crippen LogP contribution in [-0.4, -0.2) is 69.8 Å². The molecule has 2 rings (SSSR count). The van der Waals surface area contributed by atoms with Crippen LogP contribution >= 0.6 is 12.4 Å². The van der Waals surface area contributed by atoms with E-state index in [-0.39, 0.29) is 47.7 Å². The van der Waals surface area contributed by atoms with Gasteiger partial charge in [0.25, 0.3) is 11.6 Å². The molecule has 9 nitrogen and oxygen atoms in total. The van der Waals surface area contributed by atoms with E-state index in [9.17, 15) is 14.9 Å². The fraction of sp³-hybridized carbons (Fsp3) is 0.632. The van der Waals surface area contributed by atoms with Crippen molar-refractivity contribution in [3.8, 4) is 11.5 Å². The van der Waals surface area contributed by atoms with Crippen LogP contribution in [-0.2, 0) is 4.74 Å². The van der Waals surface area contributed by atoms with Gasteiger partial charge in [-0.3, -0.25) is 14.9 Å². The predicted octanol–water partition coefficient (Wildman–Crippen LogP) is 2.51. The molecule has 0 saturated carbocycles. The summed E-state index contributed by atoms with van der Waals surface area (Å²) in [5, 5.41) is 14.7. The van der Waals surface area contributed by atoms with Crippen LogP contribution < -0.4 is 14.8 Å². The highest BCUT2D eigenvalue weighted by atomic mass is 35.5. The number of amides is 1. The largest absolute Gasteiger partial charge is 0.493 e. The molecule has 0 spiro atoms. The Hall–Kier alpha value is -2.10. The van der Waals surface area contributed by atoms with Crippen LogP contribution in [0.1, 0.15) is 29.6 Å². The zero-order valence-electron chi connectivity index (χ0n) is 17.1. The Labute approximate surface area is 177 Å². The van der Waals surface area contributed by atoms with Crippen molar-refractivity contribution in [1.29, 1.82) is 0 Å². The van der Waals surface area contributed by atoms with Crippen LogP contribution in [0.3, 0.4) is 0 Å². The van der Waals surface area contributed by atoms with Crippen molar-refractivity contribution < 1.29 is 23.9 Å². The summed E-state index contributed by atoms with van der Waals surface area (Å²) in [5.74, 6) is 0.723. The van der Waals surface area contributed by atoms with Crippen molar-refractivity contribution in [2.45, 2.75) is 19.3 Å². The van der Waals surface area contributed by atoms with Crippen molar-refractivity contribution in [2.75, 3.05) is 54.1 Å². The van der Waals surface area contributed by atoms with E-state index < -0.39 is 4.92 Å². The number of hydrogen-bond acceptors (Lipinski definition) is 7. The molecular formula is C19H30ClN3O6. The van der Waals surface area contributed by atoms with E-state index in [1.165, 1.54) is 26.4 Å². The lowest BCUT2D eigenvalue weighted by Crippen LogP contribution is -2.39. The van der Waals surface area contributed by atoms with Crippen molar-refractivity contribution in [1.82, 2.24) is 10.2 Å². The SMILES string of the molecule is CNCCC1CCN(C(=O)c2cc(OC)c(OCCOC)cc2[N+](=O)[O-])CC1.Cl. The molecule has 1 heterocycles. The summed E-state index contributed by atoms with van der Waals surface area (Å²) < 4.78 is 15.7. The normalized spacial score (nSPS) is 14.2. The van der Waals surface area contributed by atoms with Crippen molar-refractivity contribution in [3.63, 3.8) is 0 Å². The fourth-order valence-electron chi connectivity index (χ4n) is 3.32. The summed E-state index contributed by atoms with van der Waals surface area (Å²) >= 11 is 0. The Kier molecular flexibility index (Phi) is 10.7. The van der Waals surface area contributed by atoms with Gasteiger partial charge in [0.05, 0.1) is 24.7 Å². The Balaban J connectivity index is 0.00000420. The Bertz CT molecular complexity index is 680. The number of nitro groups is 1. The van der Waals surface area contributed by atoms with Gasteiger partial charge in [-0.05, 0) is 38.8 Å². The van der Waals surface area contributed by atoms with Gasteiger partial charge < -0.3 is 24.4 Å². The molecule has 1 N–H and O–H groups in total. The minimum absolute atomic E-state index is 0. The fourth-order valence-corrected chi connectivity index (χ4v) is 3.32. The first kappa shape index (κ1) is 24.9. The molecule has 164 valence electrons. The first-order valence-corrected chi connectivity index (χ1v) is 9.43. The van der Waals surface area contributed by atoms with Crippen molar-refractivity contribution in [3.05, 3.63) is 27.8 Å². The molecule has 1 aliphatic rings. The molecule has 1 aliphatic heterocycles. The topological polar surface area (TPSA) is 103 Å². The van der Waals surface area contributed by atoms with E-state index >= 15 is 0 Å². The molecule has 1 fully saturated rings. The molecule has 0 unspecified atom stereocenters. The summed E-state index contributed by atoms with van der Waals surface area (Å²) in [5.41, 5.74) is -0.259. The number of rotatable bonds is 10. The van der Waals surface area contributed by atoms with Gasteiger partial charge in [0, 0.05) is 26.3 Å². The number of halogens is 1. The van der Waals surface area contributed by atoms with Crippen LogP contribution in [0.2, 0.25) is 0 Å². The van der Waals surface area contributed by atoms with Crippen molar-refractivity contribution in [2.24, 2.45) is 5.92 Å². The molecule has 0 bridgehead atoms. The number of likely N-dealkylation sites (tertiary alicyclic amines) is 1. The first-order valence-electron chi connectivity index (χ1n) is 9.43. The molecular weight excluding hydrogens is 402 g/mol. The molecule has 1 aromatic carbocycles. The monoisotopic (exact) mass is 431 g/mol. The van der Waals surface area contributed by atoms with Crippen LogP contribution in [0.15, 0.2) is 12.1 Å². The van der Waals surface area contributed by atoms with Gasteiger partial charge in [-0.2, -0.15) is 0 Å². The maximum atomic E-state index is 13.0. The van der Waals surface area contributed by atoms with Crippen LogP contribution in [0, 0.1) is 16.0 Å². The number of nitro benzene ring substituents is 1. The second-order valence-corrected chi connectivity index (χ2v) is 6.75. The second kappa shape index (κ2) is 12.5. The number of ether oxygens (including phenoxy) is 3. The number of piperidine rings is 1. The lowest BCUT2D eigenvalue weighted by Gasteiger charge is -2.32. The maximum Gasteiger partial charge on any atom is 0.286 e. The highest BCUT2D eigenvalue weighted by Gasteiger charge is 2.30. The summed E-state index contributed by atoms with van der Waals surface area (Å²) in [7, 11) is 4.90. The molecule has 0 aliphatic carbocycles. The quantitative estimate of drug-likeness (QED) is 0.345. The van der Waals surface area contributed by atoms with Crippen LogP contribution in [0.25, 0.3) is 0 Å². The third kappa shape index (κ3) is 6.73. The minimum atomic E-state index is -0.560. The number of hydrogen-bond donors (Lipinski definition) is 1. The number of carbonyl (C=O) groups excluding carboxylic acids is 1. The third-order valence-corrected chi connectivity index (χ3v) is 4.96. The summed E-state index contributed by atoms with van der Waals surface area (Å²) in [6.07, 6.45) is 2.87. The average molecular weight is 432 g/mol. The lowest BCUT2D eigenvalue weighted by atomic mass is 9.93. The predicted molar refractivity (Wildman–Crippen MR) is 111 cm³/mol. The van der Waals surface area contributed by atoms with Crippen LogP contribution in [0.5, 0.6) is 11.5 Å². The Morgan fingerprint density at radius 1 is 1.24 bits per heavy atom. The van der Waals surface area contributed by atoms with E-state index in [1.54, 1.807) is 4.90 Å². The minimum Gasteiger partial charge on any atom is -0.493 e. The van der Waals surface area contributed by atoms with Gasteiger partial charge in [0.15, 0.2) is 11.5 Å². The van der Waals surface area contributed by atoms with Gasteiger partial charge in [-0.1, -0.05) is 0 Å². The Morgan fingerprint density at radius 2 is 1.93 bits per heavy atom. The maximum absolute atomic E-state index is 13.0. The van der Waals surface area contributed by atoms with Gasteiger partial charge in [0.1, 0.15) is 12.2 Å². The van der Waals surface area contributed by atoms with E-state index in [1.807, 2.05) is 7.05 Å². The summed E-state index contributed by atoms with van der Waals surface area (Å²) in [4.78, 5) is 25.7. The van der Waals surface area contributed by atoms with Gasteiger partial charge in [-0.25, -0.2) is 0 Å². The average Bonchev–Trinajstić information content (AvgIpc) is 2.71. The molecule has 0 radical (unpaired) electrons. The molecule has 29 heavy (non-hydrogen) atoms. The molecule has 0 aromatic heterocycles. The molecule has 10 heteroatoms. The number of nitrogens with one attached hydrogen (secondary N) is 1. The second-order valence-electron chi connectivity index (χ2n) is 6.75. The van der Waals surface area contributed by atoms with E-state index in [4.69, 9.17) is 14.2 Å².